The molecule has 0 spiro atoms. The highest BCUT2D eigenvalue weighted by Crippen LogP contribution is 2.26. The molecule has 70 valence electrons. The molecule has 0 saturated carbocycles. The number of aryl methyl sites for hydroxylation is 1. The lowest BCUT2D eigenvalue weighted by atomic mass is 10.2. The lowest BCUT2D eigenvalue weighted by Gasteiger charge is -1.95. The molecule has 0 bridgehead atoms. The van der Waals surface area contributed by atoms with Crippen molar-refractivity contribution < 1.29 is 5.11 Å². The minimum Gasteiger partial charge on any atom is -0.507 e. The Labute approximate surface area is 81.0 Å². The second-order valence-electron chi connectivity index (χ2n) is 2.95. The summed E-state index contributed by atoms with van der Waals surface area (Å²) >= 11 is 0. The van der Waals surface area contributed by atoms with Crippen molar-refractivity contribution in [2.24, 2.45) is 0 Å². The van der Waals surface area contributed by atoms with Gasteiger partial charge >= 0.3 is 0 Å². The number of benzene rings is 1. The van der Waals surface area contributed by atoms with Crippen molar-refractivity contribution in [3.05, 3.63) is 23.9 Å². The van der Waals surface area contributed by atoms with Crippen LogP contribution in [0.4, 0.5) is 0 Å². The second kappa shape index (κ2) is 3.04. The van der Waals surface area contributed by atoms with Gasteiger partial charge in [-0.3, -0.25) is 4.68 Å². The number of aromatic nitrogens is 2. The summed E-state index contributed by atoms with van der Waals surface area (Å²) in [5, 5.41) is 23.3. The molecular formula is C10H9N3O. The first-order valence-electron chi connectivity index (χ1n) is 4.36. The number of phenolic OH excluding ortho intramolecular Hbond substituents is 1. The molecule has 1 heterocycles. The largest absolute Gasteiger partial charge is 0.507 e. The molecule has 0 unspecified atom stereocenters. The van der Waals surface area contributed by atoms with Crippen LogP contribution in [0.3, 0.4) is 0 Å². The highest BCUT2D eigenvalue weighted by Gasteiger charge is 2.12. The molecule has 1 N–H and O–H groups in total. The van der Waals surface area contributed by atoms with Crippen molar-refractivity contribution in [3.8, 4) is 11.8 Å². The molecule has 0 aliphatic heterocycles. The molecule has 0 radical (unpaired) electrons. The summed E-state index contributed by atoms with van der Waals surface area (Å²) in [5.74, 6) is 0.110. The van der Waals surface area contributed by atoms with Gasteiger partial charge in [-0.1, -0.05) is 6.07 Å². The first kappa shape index (κ1) is 8.57. The zero-order valence-electron chi connectivity index (χ0n) is 7.73. The van der Waals surface area contributed by atoms with Crippen LogP contribution in [0.1, 0.15) is 12.6 Å². The van der Waals surface area contributed by atoms with Crippen LogP contribution in [0.25, 0.3) is 10.9 Å². The summed E-state index contributed by atoms with van der Waals surface area (Å²) in [4.78, 5) is 0. The van der Waals surface area contributed by atoms with E-state index < -0.39 is 0 Å². The third-order valence-electron chi connectivity index (χ3n) is 2.15. The average Bonchev–Trinajstić information content (AvgIpc) is 2.56. The van der Waals surface area contributed by atoms with Crippen molar-refractivity contribution in [3.63, 3.8) is 0 Å². The van der Waals surface area contributed by atoms with Gasteiger partial charge in [-0.15, -0.1) is 0 Å². The number of rotatable bonds is 1. The molecule has 1 aromatic heterocycles. The van der Waals surface area contributed by atoms with E-state index in [0.717, 1.165) is 0 Å². The quantitative estimate of drug-likeness (QED) is 0.738. The minimum atomic E-state index is 0.110. The zero-order chi connectivity index (χ0) is 10.1. The first-order valence-corrected chi connectivity index (χ1v) is 4.36. The summed E-state index contributed by atoms with van der Waals surface area (Å²) in [6.45, 7) is 2.53. The van der Waals surface area contributed by atoms with Gasteiger partial charge in [0.05, 0.1) is 10.9 Å². The maximum absolute atomic E-state index is 9.59. The molecule has 4 nitrogen and oxygen atoms in total. The second-order valence-corrected chi connectivity index (χ2v) is 2.95. The predicted molar refractivity (Wildman–Crippen MR) is 51.8 cm³/mol. The summed E-state index contributed by atoms with van der Waals surface area (Å²) in [5.41, 5.74) is 1.07. The highest BCUT2D eigenvalue weighted by atomic mass is 16.3. The average molecular weight is 187 g/mol. The number of aromatic hydroxyl groups is 1. The Bertz CT molecular complexity index is 522. The molecule has 0 saturated heterocycles. The number of fused-ring (bicyclic) bond motifs is 1. The SMILES string of the molecule is CCn1nc2cccc(O)c2c1C#N. The van der Waals surface area contributed by atoms with Crippen LogP contribution < -0.4 is 0 Å². The molecule has 2 rings (SSSR count). The Kier molecular flexibility index (Phi) is 1.86. The van der Waals surface area contributed by atoms with Gasteiger partial charge < -0.3 is 5.11 Å². The molecular weight excluding hydrogens is 178 g/mol. The van der Waals surface area contributed by atoms with Crippen LogP contribution in [-0.2, 0) is 6.54 Å². The molecule has 0 aliphatic carbocycles. The fourth-order valence-electron chi connectivity index (χ4n) is 1.51. The van der Waals surface area contributed by atoms with Crippen molar-refractivity contribution in [1.29, 1.82) is 5.26 Å². The van der Waals surface area contributed by atoms with E-state index in [0.29, 0.717) is 23.1 Å². The van der Waals surface area contributed by atoms with E-state index in [1.54, 1.807) is 22.9 Å². The van der Waals surface area contributed by atoms with E-state index in [1.807, 2.05) is 6.92 Å². The third kappa shape index (κ3) is 1.03. The van der Waals surface area contributed by atoms with Gasteiger partial charge in [0.25, 0.3) is 0 Å². The lowest BCUT2D eigenvalue weighted by Crippen LogP contribution is -1.98. The van der Waals surface area contributed by atoms with Crippen molar-refractivity contribution in [2.75, 3.05) is 0 Å². The van der Waals surface area contributed by atoms with Crippen LogP contribution in [0, 0.1) is 11.3 Å². The van der Waals surface area contributed by atoms with Crippen molar-refractivity contribution >= 4 is 10.9 Å². The fourth-order valence-corrected chi connectivity index (χ4v) is 1.51. The van der Waals surface area contributed by atoms with Crippen LogP contribution >= 0.6 is 0 Å². The van der Waals surface area contributed by atoms with Gasteiger partial charge in [0.1, 0.15) is 17.5 Å². The molecule has 0 atom stereocenters. The maximum Gasteiger partial charge on any atom is 0.150 e. The highest BCUT2D eigenvalue weighted by molar-refractivity contribution is 5.89. The Morgan fingerprint density at radius 3 is 3.00 bits per heavy atom. The van der Waals surface area contributed by atoms with E-state index >= 15 is 0 Å². The molecule has 0 aliphatic rings. The zero-order valence-corrected chi connectivity index (χ0v) is 7.73. The van der Waals surface area contributed by atoms with Crippen molar-refractivity contribution in [2.45, 2.75) is 13.5 Å². The number of nitriles is 1. The lowest BCUT2D eigenvalue weighted by molar-refractivity contribution is 0.481. The van der Waals surface area contributed by atoms with E-state index in [9.17, 15) is 5.11 Å². The minimum absolute atomic E-state index is 0.110. The summed E-state index contributed by atoms with van der Waals surface area (Å²) in [6.07, 6.45) is 0. The van der Waals surface area contributed by atoms with Gasteiger partial charge in [-0.05, 0) is 19.1 Å². The fraction of sp³-hybridized carbons (Fsp3) is 0.200. The normalized spacial score (nSPS) is 10.3. The maximum atomic E-state index is 9.59. The molecule has 14 heavy (non-hydrogen) atoms. The Morgan fingerprint density at radius 1 is 1.57 bits per heavy atom. The Balaban J connectivity index is 2.90. The molecule has 4 heteroatoms. The molecule has 0 fully saturated rings. The van der Waals surface area contributed by atoms with Gasteiger partial charge in [0, 0.05) is 6.54 Å². The Hall–Kier alpha value is -2.02. The third-order valence-corrected chi connectivity index (χ3v) is 2.15. The van der Waals surface area contributed by atoms with Crippen LogP contribution in [0.5, 0.6) is 5.75 Å². The van der Waals surface area contributed by atoms with Gasteiger partial charge in [-0.25, -0.2) is 0 Å². The molecule has 0 amide bonds. The molecule has 2 aromatic rings. The van der Waals surface area contributed by atoms with E-state index in [-0.39, 0.29) is 5.75 Å². The van der Waals surface area contributed by atoms with Gasteiger partial charge in [-0.2, -0.15) is 10.4 Å². The van der Waals surface area contributed by atoms with Gasteiger partial charge in [0.15, 0.2) is 0 Å². The number of phenols is 1. The smallest absolute Gasteiger partial charge is 0.150 e. The Morgan fingerprint density at radius 2 is 2.36 bits per heavy atom. The molecule has 1 aromatic carbocycles. The van der Waals surface area contributed by atoms with Crippen LogP contribution in [0.15, 0.2) is 18.2 Å². The number of hydrogen-bond donors (Lipinski definition) is 1. The van der Waals surface area contributed by atoms with Crippen LogP contribution in [0.2, 0.25) is 0 Å². The van der Waals surface area contributed by atoms with E-state index in [1.165, 1.54) is 0 Å². The monoisotopic (exact) mass is 187 g/mol. The number of nitrogens with zero attached hydrogens (tertiary/aromatic N) is 3. The summed E-state index contributed by atoms with van der Waals surface area (Å²) in [6, 6.07) is 7.11. The van der Waals surface area contributed by atoms with E-state index in [2.05, 4.69) is 11.2 Å². The first-order chi connectivity index (χ1) is 6.77. The number of hydrogen-bond acceptors (Lipinski definition) is 3. The summed E-state index contributed by atoms with van der Waals surface area (Å²) < 4.78 is 1.59. The van der Waals surface area contributed by atoms with Crippen LogP contribution in [-0.4, -0.2) is 14.9 Å². The van der Waals surface area contributed by atoms with Crippen molar-refractivity contribution in [1.82, 2.24) is 9.78 Å². The van der Waals surface area contributed by atoms with E-state index in [4.69, 9.17) is 5.26 Å². The topological polar surface area (TPSA) is 61.8 Å². The predicted octanol–water partition coefficient (Wildman–Crippen LogP) is 1.63. The van der Waals surface area contributed by atoms with Gasteiger partial charge in [0.2, 0.25) is 0 Å². The summed E-state index contributed by atoms with van der Waals surface area (Å²) in [7, 11) is 0. The standard InChI is InChI=1S/C10H9N3O/c1-2-13-8(6-11)10-7(12-13)4-3-5-9(10)14/h3-5,14H,2H2,1H3.